The highest BCUT2D eigenvalue weighted by atomic mass is 31.2. The predicted molar refractivity (Wildman–Crippen MR) is 66.2 cm³/mol. The van der Waals surface area contributed by atoms with Crippen LogP contribution in [0.15, 0.2) is 11.6 Å². The summed E-state index contributed by atoms with van der Waals surface area (Å²) in [6.45, 7) is 1.51. The number of hydrogen-bond donors (Lipinski definition) is 5. The Labute approximate surface area is 105 Å². The summed E-state index contributed by atoms with van der Waals surface area (Å²) in [6, 6.07) is -1.22. The molecule has 1 rings (SSSR count). The van der Waals surface area contributed by atoms with Gasteiger partial charge in [-0.25, -0.2) is 0 Å². The van der Waals surface area contributed by atoms with E-state index in [2.05, 4.69) is 5.32 Å². The van der Waals surface area contributed by atoms with Gasteiger partial charge in [0.05, 0.1) is 6.16 Å². The number of carboxylic acids is 1. The summed E-state index contributed by atoms with van der Waals surface area (Å²) >= 11 is 0. The smallest absolute Gasteiger partial charge is 0.329 e. The van der Waals surface area contributed by atoms with Crippen LogP contribution in [0.1, 0.15) is 12.8 Å². The fourth-order valence-corrected chi connectivity index (χ4v) is 2.89. The molecule has 0 aliphatic carbocycles. The van der Waals surface area contributed by atoms with Crippen molar-refractivity contribution in [3.05, 3.63) is 11.6 Å². The molecule has 0 amide bonds. The maximum atomic E-state index is 11.1. The molecule has 18 heavy (non-hydrogen) atoms. The molecule has 0 aromatic heterocycles. The minimum Gasteiger partial charge on any atom is -0.480 e. The van der Waals surface area contributed by atoms with Crippen LogP contribution >= 0.6 is 7.60 Å². The first kappa shape index (κ1) is 15.3. The molecule has 6 N–H and O–H groups in total. The third-order valence-corrected chi connectivity index (χ3v) is 3.71. The lowest BCUT2D eigenvalue weighted by atomic mass is 9.89. The Bertz CT molecular complexity index is 372. The van der Waals surface area contributed by atoms with Crippen LogP contribution in [0.2, 0.25) is 0 Å². The molecule has 1 aliphatic rings. The van der Waals surface area contributed by atoms with Crippen molar-refractivity contribution >= 4 is 13.6 Å². The largest absolute Gasteiger partial charge is 0.480 e. The number of nitrogens with two attached hydrogens (primary N) is 1. The quantitative estimate of drug-likeness (QED) is 0.338. The number of piperidine rings is 1. The Morgan fingerprint density at radius 3 is 2.44 bits per heavy atom. The summed E-state index contributed by atoms with van der Waals surface area (Å²) in [4.78, 5) is 28.8. The highest BCUT2D eigenvalue weighted by Crippen LogP contribution is 2.40. The van der Waals surface area contributed by atoms with E-state index < -0.39 is 25.8 Å². The van der Waals surface area contributed by atoms with E-state index in [1.54, 1.807) is 0 Å². The van der Waals surface area contributed by atoms with E-state index in [-0.39, 0.29) is 5.92 Å². The first-order valence-electron chi connectivity index (χ1n) is 5.74. The number of carbonyl (C=O) groups is 1. The summed E-state index contributed by atoms with van der Waals surface area (Å²) in [5, 5.41) is 11.9. The zero-order valence-electron chi connectivity index (χ0n) is 9.95. The van der Waals surface area contributed by atoms with Gasteiger partial charge in [-0.2, -0.15) is 0 Å². The standard InChI is InChI=1S/C10H19N2O5P/c11-9(10(13)14)5-8(6-18(15,16)17)7-1-3-12-4-2-7/h5,7,9,12H,1-4,6,11H2,(H,13,14)(H2,15,16,17)/b8-5-. The summed E-state index contributed by atoms with van der Waals surface area (Å²) in [7, 11) is -4.21. The molecule has 1 atom stereocenters. The molecule has 0 bridgehead atoms. The van der Waals surface area contributed by atoms with Crippen molar-refractivity contribution in [3.8, 4) is 0 Å². The zero-order chi connectivity index (χ0) is 13.8. The molecule has 1 fully saturated rings. The molecule has 1 heterocycles. The third-order valence-electron chi connectivity index (χ3n) is 2.93. The average molecular weight is 278 g/mol. The molecule has 0 spiro atoms. The van der Waals surface area contributed by atoms with Crippen LogP contribution in [0, 0.1) is 5.92 Å². The Kier molecular flexibility index (Phi) is 5.49. The summed E-state index contributed by atoms with van der Waals surface area (Å²) in [6.07, 6.45) is 2.33. The van der Waals surface area contributed by atoms with Gasteiger partial charge in [-0.15, -0.1) is 0 Å². The van der Waals surface area contributed by atoms with Gasteiger partial charge >= 0.3 is 13.6 Å². The first-order valence-corrected chi connectivity index (χ1v) is 7.53. The van der Waals surface area contributed by atoms with Crippen LogP contribution < -0.4 is 11.1 Å². The number of hydrogen-bond acceptors (Lipinski definition) is 4. The number of rotatable bonds is 5. The molecule has 1 unspecified atom stereocenters. The van der Waals surface area contributed by atoms with Crippen LogP contribution in [-0.2, 0) is 9.36 Å². The summed E-state index contributed by atoms with van der Waals surface area (Å²) in [5.41, 5.74) is 5.86. The van der Waals surface area contributed by atoms with Crippen molar-refractivity contribution in [1.82, 2.24) is 5.32 Å². The third kappa shape index (κ3) is 5.29. The van der Waals surface area contributed by atoms with E-state index in [1.807, 2.05) is 0 Å². The Hall–Kier alpha value is -0.720. The monoisotopic (exact) mass is 278 g/mol. The number of aliphatic carboxylic acids is 1. The summed E-state index contributed by atoms with van der Waals surface area (Å²) < 4.78 is 11.1. The molecule has 7 nitrogen and oxygen atoms in total. The Balaban J connectivity index is 2.86. The van der Waals surface area contributed by atoms with E-state index in [4.69, 9.17) is 20.6 Å². The van der Waals surface area contributed by atoms with E-state index in [1.165, 1.54) is 6.08 Å². The first-order chi connectivity index (χ1) is 8.29. The highest BCUT2D eigenvalue weighted by Gasteiger charge is 2.25. The fourth-order valence-electron chi connectivity index (χ4n) is 2.05. The van der Waals surface area contributed by atoms with Crippen molar-refractivity contribution in [1.29, 1.82) is 0 Å². The predicted octanol–water partition coefficient (Wildman–Crippen LogP) is -0.498. The molecule has 1 saturated heterocycles. The van der Waals surface area contributed by atoms with Gasteiger partial charge in [0.1, 0.15) is 6.04 Å². The topological polar surface area (TPSA) is 133 Å². The van der Waals surface area contributed by atoms with Gasteiger partial charge in [0.15, 0.2) is 0 Å². The maximum absolute atomic E-state index is 11.1. The molecule has 0 aromatic carbocycles. The van der Waals surface area contributed by atoms with Crippen LogP contribution in [0.5, 0.6) is 0 Å². The van der Waals surface area contributed by atoms with Crippen molar-refractivity contribution in [2.45, 2.75) is 18.9 Å². The van der Waals surface area contributed by atoms with Gasteiger partial charge in [0.2, 0.25) is 0 Å². The van der Waals surface area contributed by atoms with Gasteiger partial charge in [-0.1, -0.05) is 11.6 Å². The van der Waals surface area contributed by atoms with Crippen LogP contribution in [0.3, 0.4) is 0 Å². The average Bonchev–Trinajstić information content (AvgIpc) is 2.27. The molecular formula is C10H19N2O5P. The van der Waals surface area contributed by atoms with Gasteiger partial charge < -0.3 is 25.9 Å². The number of nitrogens with one attached hydrogen (secondary N) is 1. The van der Waals surface area contributed by atoms with Crippen molar-refractivity contribution in [2.75, 3.05) is 19.3 Å². The second-order valence-electron chi connectivity index (χ2n) is 4.45. The van der Waals surface area contributed by atoms with Crippen LogP contribution in [0.25, 0.3) is 0 Å². The maximum Gasteiger partial charge on any atom is 0.329 e. The zero-order valence-corrected chi connectivity index (χ0v) is 10.8. The van der Waals surface area contributed by atoms with Crippen molar-refractivity contribution < 1.29 is 24.3 Å². The lowest BCUT2D eigenvalue weighted by molar-refractivity contribution is -0.137. The Morgan fingerprint density at radius 1 is 1.44 bits per heavy atom. The second kappa shape index (κ2) is 6.45. The van der Waals surface area contributed by atoms with E-state index in [0.29, 0.717) is 5.57 Å². The molecule has 0 radical (unpaired) electrons. The van der Waals surface area contributed by atoms with E-state index in [0.717, 1.165) is 25.9 Å². The van der Waals surface area contributed by atoms with E-state index >= 15 is 0 Å². The van der Waals surface area contributed by atoms with E-state index in [9.17, 15) is 9.36 Å². The second-order valence-corrected chi connectivity index (χ2v) is 6.10. The minimum absolute atomic E-state index is 0.00993. The van der Waals surface area contributed by atoms with Gasteiger partial charge in [0, 0.05) is 0 Å². The molecule has 8 heteroatoms. The van der Waals surface area contributed by atoms with Crippen LogP contribution in [-0.4, -0.2) is 46.2 Å². The lowest BCUT2D eigenvalue weighted by Crippen LogP contribution is -2.32. The number of carboxylic acid groups (broad SMARTS) is 1. The summed E-state index contributed by atoms with van der Waals surface area (Å²) in [5.74, 6) is -1.21. The van der Waals surface area contributed by atoms with Crippen LogP contribution in [0.4, 0.5) is 0 Å². The molecular weight excluding hydrogens is 259 g/mol. The SMILES string of the molecule is NC(/C=C(/CP(=O)(O)O)C1CCNCC1)C(=O)O. The lowest BCUT2D eigenvalue weighted by Gasteiger charge is -2.26. The molecule has 0 aromatic rings. The highest BCUT2D eigenvalue weighted by molar-refractivity contribution is 7.52. The fraction of sp³-hybridized carbons (Fsp3) is 0.700. The Morgan fingerprint density at radius 2 is 2.00 bits per heavy atom. The van der Waals surface area contributed by atoms with Gasteiger partial charge in [0.25, 0.3) is 0 Å². The normalized spacial score (nSPS) is 20.7. The van der Waals surface area contributed by atoms with Crippen molar-refractivity contribution in [3.63, 3.8) is 0 Å². The molecule has 104 valence electrons. The van der Waals surface area contributed by atoms with Gasteiger partial charge in [-0.3, -0.25) is 9.36 Å². The van der Waals surface area contributed by atoms with Crippen molar-refractivity contribution in [2.24, 2.45) is 11.7 Å². The van der Waals surface area contributed by atoms with Gasteiger partial charge in [-0.05, 0) is 31.8 Å². The molecule has 1 aliphatic heterocycles. The minimum atomic E-state index is -4.21. The molecule has 0 saturated carbocycles. The number of allylic oxidation sites excluding steroid dienone is 1.